The molecule has 20 atom stereocenters. The Balaban J connectivity index is 1.18. The second-order valence-corrected chi connectivity index (χ2v) is 30.1. The van der Waals surface area contributed by atoms with E-state index in [1.54, 1.807) is 48.5 Å². The van der Waals surface area contributed by atoms with Crippen LogP contribution in [0.2, 0.25) is 0 Å². The summed E-state index contributed by atoms with van der Waals surface area (Å²) >= 11 is 0. The standard InChI is InChI=1S/C80H112N8O28/c1-9-13-109-77-41-17-43-23-50(86-62(94)34-82-58(90)30-54-70(102)74(106)66(98)38(6)114-54)25-45(78(43)110-14-10-2)19-47-27-52(88-64(96)36-84-60(92)32-56-72(104)76(108)68(100)40(8)116-56)28-48(80(47)112-16-12-4)20-46-26-51(87-63(95)35-83-59(91)31-55-71(103)75(107)67(99)39(7)115-55)24-44(79(46)111-15-11-3)18-42(77)22-49(21-41)85-61(93)33-81-57(89)29-53-69(101)73(105)65(97)37(5)113-53/h21-28,37-40,53-56,65-76,97-108H,9-20,29-36H2,1-8H3,(H,81,89)(H,82,90)(H,83,91)(H,84,92)(H,85,93)(H,86,94)(H,87,95)(H,88,96)/t37-,38-,39-,40-,53-,54-,55-,56-,65+,66+,67+,68+,69+,70+,71+,72+,73+,74+,75+,76+/m1/s1. The number of carbonyl (C=O) groups is 8. The van der Waals surface area contributed by atoms with E-state index in [1.165, 1.54) is 27.7 Å². The molecule has 4 saturated heterocycles. The SMILES string of the molecule is CCCOc1c2cc(NC(=O)CNC(=O)C[C@H]3O[C@H](C)[C@H](O)[C@H](O)[C@H]3O)cc1Cc1cc(NC(=O)CNC(=O)C[C@H]3O[C@H](C)[C@H](O)[C@H](O)[C@H]3O)cc(c1OCCC)Cc1cc(NC(=O)CNC(=O)C[C@H]3O[C@H](C)[C@H](O)[C@H](O)[C@H]3O)cc(c1OCCC)Cc1cc(NC(=O)CNC(=O)C[C@H]3O[C@H](C)[C@H](O)[C@H](O)[C@H]3O)cc(c1OCCC)C2. The van der Waals surface area contributed by atoms with Crippen LogP contribution in [0, 0.1) is 0 Å². The van der Waals surface area contributed by atoms with Crippen LogP contribution in [0.3, 0.4) is 0 Å². The van der Waals surface area contributed by atoms with Crippen molar-refractivity contribution in [3.63, 3.8) is 0 Å². The second kappa shape index (κ2) is 42.0. The van der Waals surface area contributed by atoms with Crippen molar-refractivity contribution < 1.29 is 138 Å². The molecule has 0 unspecified atom stereocenters. The molecule has 4 aromatic rings. The van der Waals surface area contributed by atoms with Crippen LogP contribution in [0.25, 0.3) is 0 Å². The van der Waals surface area contributed by atoms with Crippen molar-refractivity contribution >= 4 is 70.0 Å². The number of benzene rings is 4. The minimum Gasteiger partial charge on any atom is -0.493 e. The lowest BCUT2D eigenvalue weighted by Gasteiger charge is -2.39. The van der Waals surface area contributed by atoms with Gasteiger partial charge in [-0.15, -0.1) is 0 Å². The fraction of sp³-hybridized carbons (Fsp3) is 0.600. The lowest BCUT2D eigenvalue weighted by Crippen LogP contribution is -2.57. The van der Waals surface area contributed by atoms with Gasteiger partial charge in [0.2, 0.25) is 47.3 Å². The van der Waals surface area contributed by atoms with E-state index < -0.39 is 221 Å². The van der Waals surface area contributed by atoms with Gasteiger partial charge in [-0.2, -0.15) is 0 Å². The number of carbonyl (C=O) groups excluding carboxylic acids is 8. The monoisotopic (exact) mass is 1630 g/mol. The molecule has 4 aromatic carbocycles. The first-order valence-electron chi connectivity index (χ1n) is 39.4. The van der Waals surface area contributed by atoms with E-state index in [0.717, 1.165) is 0 Å². The van der Waals surface area contributed by atoms with Crippen LogP contribution < -0.4 is 61.5 Å². The Bertz CT molecular complexity index is 3490. The molecule has 4 heterocycles. The predicted molar refractivity (Wildman–Crippen MR) is 415 cm³/mol. The maximum Gasteiger partial charge on any atom is 0.243 e. The Morgan fingerprint density at radius 1 is 0.284 bits per heavy atom. The number of ether oxygens (including phenoxy) is 8. The molecule has 1 aliphatic carbocycles. The molecule has 4 fully saturated rings. The Kier molecular flexibility index (Phi) is 33.0. The molecule has 116 heavy (non-hydrogen) atoms. The van der Waals surface area contributed by atoms with Gasteiger partial charge in [0, 0.05) is 92.9 Å². The van der Waals surface area contributed by atoms with E-state index in [2.05, 4.69) is 42.5 Å². The van der Waals surface area contributed by atoms with E-state index in [4.69, 9.17) is 37.9 Å². The van der Waals surface area contributed by atoms with Crippen molar-refractivity contribution in [2.45, 2.75) is 255 Å². The molecule has 8 bridgehead atoms. The molecule has 36 heteroatoms. The van der Waals surface area contributed by atoms with Gasteiger partial charge >= 0.3 is 0 Å². The van der Waals surface area contributed by atoms with Gasteiger partial charge in [-0.05, 0) is 102 Å². The number of aliphatic hydroxyl groups excluding tert-OH is 12. The summed E-state index contributed by atoms with van der Waals surface area (Å²) in [6.45, 7) is 11.4. The van der Waals surface area contributed by atoms with Crippen LogP contribution in [0.4, 0.5) is 22.7 Å². The van der Waals surface area contributed by atoms with Crippen molar-refractivity contribution in [1.29, 1.82) is 0 Å². The van der Waals surface area contributed by atoms with Crippen molar-refractivity contribution in [2.24, 2.45) is 0 Å². The van der Waals surface area contributed by atoms with Crippen LogP contribution in [0.1, 0.15) is 151 Å². The lowest BCUT2D eigenvalue weighted by molar-refractivity contribution is -0.218. The molecule has 9 rings (SSSR count). The minimum absolute atomic E-state index is 0.121. The van der Waals surface area contributed by atoms with Crippen molar-refractivity contribution in [2.75, 3.05) is 73.9 Å². The first-order valence-corrected chi connectivity index (χ1v) is 39.4. The largest absolute Gasteiger partial charge is 0.493 e. The molecule has 20 N–H and O–H groups in total. The number of aliphatic hydroxyl groups is 12. The van der Waals surface area contributed by atoms with Gasteiger partial charge in [-0.1, -0.05) is 27.7 Å². The highest BCUT2D eigenvalue weighted by atomic mass is 16.6. The van der Waals surface area contributed by atoms with Crippen molar-refractivity contribution in [3.8, 4) is 23.0 Å². The van der Waals surface area contributed by atoms with Crippen LogP contribution in [0.5, 0.6) is 23.0 Å². The Morgan fingerprint density at radius 2 is 0.457 bits per heavy atom. The number of hydrogen-bond acceptors (Lipinski definition) is 28. The third kappa shape index (κ3) is 23.8. The third-order valence-electron chi connectivity index (χ3n) is 20.6. The molecule has 5 aliphatic rings. The molecule has 0 spiro atoms. The maximum absolute atomic E-state index is 14.3. The summed E-state index contributed by atoms with van der Waals surface area (Å²) < 4.78 is 49.8. The number of nitrogens with one attached hydrogen (secondary N) is 8. The average molecular weight is 1630 g/mol. The lowest BCUT2D eigenvalue weighted by atomic mass is 9.90. The molecule has 0 radical (unpaired) electrons. The highest BCUT2D eigenvalue weighted by molar-refractivity contribution is 5.98. The summed E-state index contributed by atoms with van der Waals surface area (Å²) in [6.07, 6.45) is -28.1. The normalized spacial score (nSPS) is 27.7. The molecule has 8 amide bonds. The number of fused-ring (bicyclic) bond motifs is 8. The summed E-state index contributed by atoms with van der Waals surface area (Å²) in [6, 6.07) is 13.2. The molecule has 0 aromatic heterocycles. The maximum atomic E-state index is 14.3. The van der Waals surface area contributed by atoms with Crippen molar-refractivity contribution in [1.82, 2.24) is 21.3 Å². The topological polar surface area (TPSA) is 549 Å². The summed E-state index contributed by atoms with van der Waals surface area (Å²) in [5, 5.41) is 148. The van der Waals surface area contributed by atoms with Gasteiger partial charge in [0.1, 0.15) is 96.2 Å². The van der Waals surface area contributed by atoms with Crippen LogP contribution >= 0.6 is 0 Å². The Labute approximate surface area is 670 Å². The predicted octanol–water partition coefficient (Wildman–Crippen LogP) is -1.22. The summed E-state index contributed by atoms with van der Waals surface area (Å²) in [5.74, 6) is -4.72. The summed E-state index contributed by atoms with van der Waals surface area (Å²) in [4.78, 5) is 111. The fourth-order valence-electron chi connectivity index (χ4n) is 14.5. The number of anilines is 4. The molecular formula is C80H112N8O28. The molecule has 4 aliphatic heterocycles. The zero-order valence-electron chi connectivity index (χ0n) is 66.2. The number of hydrogen-bond donors (Lipinski definition) is 20. The third-order valence-corrected chi connectivity index (χ3v) is 20.6. The molecular weight excluding hydrogens is 1520 g/mol. The number of amides is 8. The van der Waals surface area contributed by atoms with Crippen LogP contribution in [0.15, 0.2) is 48.5 Å². The second-order valence-electron chi connectivity index (χ2n) is 30.1. The smallest absolute Gasteiger partial charge is 0.243 e. The van der Waals surface area contributed by atoms with E-state index in [1.807, 2.05) is 27.7 Å². The molecule has 0 saturated carbocycles. The molecule has 36 nitrogen and oxygen atoms in total. The van der Waals surface area contributed by atoms with Gasteiger partial charge in [0.15, 0.2) is 0 Å². The van der Waals surface area contributed by atoms with Gasteiger partial charge in [-0.25, -0.2) is 0 Å². The highest BCUT2D eigenvalue weighted by Crippen LogP contribution is 2.44. The van der Waals surface area contributed by atoms with Gasteiger partial charge < -0.3 is 142 Å². The Hall–Kier alpha value is -8.80. The van der Waals surface area contributed by atoms with E-state index >= 15 is 0 Å². The summed E-state index contributed by atoms with van der Waals surface area (Å²) in [7, 11) is 0. The van der Waals surface area contributed by atoms with Gasteiger partial charge in [0.25, 0.3) is 0 Å². The fourth-order valence-corrected chi connectivity index (χ4v) is 14.5. The van der Waals surface area contributed by atoms with Gasteiger partial charge in [-0.3, -0.25) is 38.4 Å². The zero-order valence-corrected chi connectivity index (χ0v) is 66.2. The van der Waals surface area contributed by atoms with Gasteiger partial charge in [0.05, 0.1) is 127 Å². The van der Waals surface area contributed by atoms with Crippen LogP contribution in [-0.2, 0) is 83.0 Å². The average Bonchev–Trinajstić information content (AvgIpc) is 0.767. The first-order chi connectivity index (χ1) is 55.2. The van der Waals surface area contributed by atoms with E-state index in [0.29, 0.717) is 93.2 Å². The summed E-state index contributed by atoms with van der Waals surface area (Å²) in [5.41, 5.74) is 3.91. The van der Waals surface area contributed by atoms with Crippen molar-refractivity contribution in [3.05, 3.63) is 93.0 Å². The Morgan fingerprint density at radius 3 is 0.621 bits per heavy atom. The quantitative estimate of drug-likeness (QED) is 0.0240. The van der Waals surface area contributed by atoms with Crippen LogP contribution in [-0.4, -0.2) is 283 Å². The van der Waals surface area contributed by atoms with E-state index in [9.17, 15) is 99.6 Å². The zero-order chi connectivity index (χ0) is 84.5. The minimum atomic E-state index is -1.64. The molecule has 640 valence electrons. The van der Waals surface area contributed by atoms with E-state index in [-0.39, 0.29) is 74.9 Å². The highest BCUT2D eigenvalue weighted by Gasteiger charge is 2.46. The first kappa shape index (κ1) is 91.1. The number of rotatable bonds is 32.